The van der Waals surface area contributed by atoms with Gasteiger partial charge in [-0.1, -0.05) is 12.1 Å². The summed E-state index contributed by atoms with van der Waals surface area (Å²) in [5.41, 5.74) is 5.93. The number of primary amides is 1. The summed E-state index contributed by atoms with van der Waals surface area (Å²) in [5.74, 6) is -0.793. The molecule has 2 atom stereocenters. The Kier molecular flexibility index (Phi) is 5.25. The Labute approximate surface area is 155 Å². The molecular weight excluding hydrogens is 352 g/mol. The molecule has 8 heteroatoms. The number of hydrogen-bond donors (Lipinski definition) is 2. The van der Waals surface area contributed by atoms with E-state index in [-0.39, 0.29) is 6.61 Å². The summed E-state index contributed by atoms with van der Waals surface area (Å²) in [6.45, 7) is 1.45. The van der Waals surface area contributed by atoms with Crippen LogP contribution in [0.15, 0.2) is 48.5 Å². The topological polar surface area (TPSA) is 117 Å². The maximum absolute atomic E-state index is 12.2. The van der Waals surface area contributed by atoms with Gasteiger partial charge in [0.1, 0.15) is 6.61 Å². The fourth-order valence-corrected chi connectivity index (χ4v) is 2.40. The summed E-state index contributed by atoms with van der Waals surface area (Å²) in [7, 11) is 0. The van der Waals surface area contributed by atoms with E-state index in [1.807, 2.05) is 0 Å². The van der Waals surface area contributed by atoms with Crippen LogP contribution >= 0.6 is 0 Å². The van der Waals surface area contributed by atoms with Crippen LogP contribution in [0.25, 0.3) is 0 Å². The zero-order chi connectivity index (χ0) is 19.4. The zero-order valence-corrected chi connectivity index (χ0v) is 14.5. The molecule has 0 aliphatic carbocycles. The molecule has 0 radical (unpaired) electrons. The van der Waals surface area contributed by atoms with Gasteiger partial charge in [0.05, 0.1) is 0 Å². The molecule has 2 aromatic rings. The lowest BCUT2D eigenvalue weighted by atomic mass is 10.2. The SMILES string of the molecule is C[C@H](OC(=O)[C@@H]1COc2ccccc2O1)C(=O)Nc1ccc(C(N)=O)cc1. The van der Waals surface area contributed by atoms with Crippen molar-refractivity contribution in [2.75, 3.05) is 11.9 Å². The largest absolute Gasteiger partial charge is 0.485 e. The minimum absolute atomic E-state index is 0.00123. The minimum Gasteiger partial charge on any atom is -0.485 e. The summed E-state index contributed by atoms with van der Waals surface area (Å²) >= 11 is 0. The van der Waals surface area contributed by atoms with Gasteiger partial charge in [-0.3, -0.25) is 9.59 Å². The van der Waals surface area contributed by atoms with E-state index < -0.39 is 30.0 Å². The lowest BCUT2D eigenvalue weighted by molar-refractivity contribution is -0.162. The third-order valence-corrected chi connectivity index (χ3v) is 3.87. The molecular formula is C19H18N2O6. The average molecular weight is 370 g/mol. The molecule has 140 valence electrons. The molecule has 1 aliphatic rings. The van der Waals surface area contributed by atoms with Gasteiger partial charge in [0.15, 0.2) is 17.6 Å². The van der Waals surface area contributed by atoms with Gasteiger partial charge < -0.3 is 25.3 Å². The van der Waals surface area contributed by atoms with Crippen LogP contribution < -0.4 is 20.5 Å². The number of nitrogens with one attached hydrogen (secondary N) is 1. The van der Waals surface area contributed by atoms with E-state index in [1.165, 1.54) is 31.2 Å². The Morgan fingerprint density at radius 2 is 1.78 bits per heavy atom. The molecule has 1 aliphatic heterocycles. The molecule has 2 aromatic carbocycles. The van der Waals surface area contributed by atoms with Crippen LogP contribution in [0.5, 0.6) is 11.5 Å². The number of amides is 2. The van der Waals surface area contributed by atoms with Gasteiger partial charge in [0.25, 0.3) is 5.91 Å². The fourth-order valence-electron chi connectivity index (χ4n) is 2.40. The number of esters is 1. The maximum atomic E-state index is 12.2. The van der Waals surface area contributed by atoms with Gasteiger partial charge in [-0.25, -0.2) is 4.79 Å². The summed E-state index contributed by atoms with van der Waals surface area (Å²) in [6, 6.07) is 13.0. The highest BCUT2D eigenvalue weighted by Crippen LogP contribution is 2.31. The van der Waals surface area contributed by atoms with Crippen molar-refractivity contribution in [2.45, 2.75) is 19.1 Å². The van der Waals surface area contributed by atoms with Crippen molar-refractivity contribution in [3.63, 3.8) is 0 Å². The Bertz CT molecular complexity index is 865. The number of fused-ring (bicyclic) bond motifs is 1. The third kappa shape index (κ3) is 4.35. The Hall–Kier alpha value is -3.55. The molecule has 3 N–H and O–H groups in total. The number of ether oxygens (including phenoxy) is 3. The lowest BCUT2D eigenvalue weighted by Crippen LogP contribution is -2.41. The van der Waals surface area contributed by atoms with Crippen molar-refractivity contribution in [1.82, 2.24) is 0 Å². The monoisotopic (exact) mass is 370 g/mol. The lowest BCUT2D eigenvalue weighted by Gasteiger charge is -2.25. The van der Waals surface area contributed by atoms with Crippen molar-refractivity contribution in [1.29, 1.82) is 0 Å². The molecule has 1 heterocycles. The van der Waals surface area contributed by atoms with Crippen LogP contribution in [-0.2, 0) is 14.3 Å². The van der Waals surface area contributed by atoms with Crippen molar-refractivity contribution in [3.05, 3.63) is 54.1 Å². The standard InChI is InChI=1S/C19H18N2O6/c1-11(18(23)21-13-8-6-12(7-9-13)17(20)22)26-19(24)16-10-25-14-4-2-3-5-15(14)27-16/h2-9,11,16H,10H2,1H3,(H2,20,22)(H,21,23)/t11-,16-/m0/s1. The van der Waals surface area contributed by atoms with E-state index in [2.05, 4.69) is 5.32 Å². The molecule has 8 nitrogen and oxygen atoms in total. The highest BCUT2D eigenvalue weighted by molar-refractivity contribution is 5.97. The van der Waals surface area contributed by atoms with Gasteiger partial charge in [-0.2, -0.15) is 0 Å². The van der Waals surface area contributed by atoms with Gasteiger partial charge in [0, 0.05) is 11.3 Å². The molecule has 0 saturated carbocycles. The summed E-state index contributed by atoms with van der Waals surface area (Å²) in [5, 5.41) is 2.59. The number of para-hydroxylation sites is 2. The summed E-state index contributed by atoms with van der Waals surface area (Å²) in [4.78, 5) is 35.5. The third-order valence-electron chi connectivity index (χ3n) is 3.87. The first kappa shape index (κ1) is 18.2. The van der Waals surface area contributed by atoms with Crippen molar-refractivity contribution in [2.24, 2.45) is 5.73 Å². The van der Waals surface area contributed by atoms with E-state index in [4.69, 9.17) is 19.9 Å². The van der Waals surface area contributed by atoms with Crippen molar-refractivity contribution >= 4 is 23.5 Å². The highest BCUT2D eigenvalue weighted by Gasteiger charge is 2.31. The molecule has 0 saturated heterocycles. The second kappa shape index (κ2) is 7.77. The first-order chi connectivity index (χ1) is 12.9. The van der Waals surface area contributed by atoms with Crippen LogP contribution in [0.2, 0.25) is 0 Å². The Balaban J connectivity index is 1.55. The van der Waals surface area contributed by atoms with Gasteiger partial charge in [-0.15, -0.1) is 0 Å². The molecule has 27 heavy (non-hydrogen) atoms. The number of carbonyl (C=O) groups is 3. The minimum atomic E-state index is -1.05. The number of benzene rings is 2. The number of anilines is 1. The van der Waals surface area contributed by atoms with E-state index >= 15 is 0 Å². The smallest absolute Gasteiger partial charge is 0.351 e. The maximum Gasteiger partial charge on any atom is 0.351 e. The van der Waals surface area contributed by atoms with E-state index in [0.717, 1.165) is 0 Å². The van der Waals surface area contributed by atoms with Crippen LogP contribution in [0.1, 0.15) is 17.3 Å². The first-order valence-electron chi connectivity index (χ1n) is 8.24. The summed E-state index contributed by atoms with van der Waals surface area (Å²) in [6.07, 6.45) is -2.00. The van der Waals surface area contributed by atoms with Gasteiger partial charge in [-0.05, 0) is 43.3 Å². The quantitative estimate of drug-likeness (QED) is 0.770. The molecule has 0 aromatic heterocycles. The average Bonchev–Trinajstić information content (AvgIpc) is 2.67. The van der Waals surface area contributed by atoms with Gasteiger partial charge in [0.2, 0.25) is 12.0 Å². The van der Waals surface area contributed by atoms with Crippen LogP contribution in [0.4, 0.5) is 5.69 Å². The van der Waals surface area contributed by atoms with E-state index in [1.54, 1.807) is 24.3 Å². The van der Waals surface area contributed by atoms with E-state index in [9.17, 15) is 14.4 Å². The van der Waals surface area contributed by atoms with Crippen LogP contribution in [0.3, 0.4) is 0 Å². The molecule has 3 rings (SSSR count). The molecule has 0 unspecified atom stereocenters. The van der Waals surface area contributed by atoms with E-state index in [0.29, 0.717) is 22.7 Å². The second-order valence-electron chi connectivity index (χ2n) is 5.87. The number of nitrogens with two attached hydrogens (primary N) is 1. The zero-order valence-electron chi connectivity index (χ0n) is 14.5. The predicted molar refractivity (Wildman–Crippen MR) is 95.5 cm³/mol. The first-order valence-corrected chi connectivity index (χ1v) is 8.24. The molecule has 0 spiro atoms. The predicted octanol–water partition coefficient (Wildman–Crippen LogP) is 1.50. The van der Waals surface area contributed by atoms with Crippen LogP contribution in [0, 0.1) is 0 Å². The van der Waals surface area contributed by atoms with Crippen molar-refractivity contribution < 1.29 is 28.6 Å². The van der Waals surface area contributed by atoms with Crippen molar-refractivity contribution in [3.8, 4) is 11.5 Å². The number of hydrogen-bond acceptors (Lipinski definition) is 6. The normalized spacial score (nSPS) is 16.1. The second-order valence-corrected chi connectivity index (χ2v) is 5.87. The number of carbonyl (C=O) groups excluding carboxylic acids is 3. The highest BCUT2D eigenvalue weighted by atomic mass is 16.6. The Morgan fingerprint density at radius 3 is 2.44 bits per heavy atom. The summed E-state index contributed by atoms with van der Waals surface area (Å²) < 4.78 is 16.2. The molecule has 2 amide bonds. The number of rotatable bonds is 5. The van der Waals surface area contributed by atoms with Gasteiger partial charge >= 0.3 is 5.97 Å². The van der Waals surface area contributed by atoms with Crippen LogP contribution in [-0.4, -0.2) is 36.6 Å². The fraction of sp³-hybridized carbons (Fsp3) is 0.211. The molecule has 0 fully saturated rings. The Morgan fingerprint density at radius 1 is 1.11 bits per heavy atom. The molecule has 0 bridgehead atoms.